The quantitative estimate of drug-likeness (QED) is 0.539. The van der Waals surface area contributed by atoms with E-state index in [4.69, 9.17) is 4.74 Å². The molecule has 0 saturated carbocycles. The van der Waals surface area contributed by atoms with Crippen molar-refractivity contribution < 1.29 is 9.53 Å². The summed E-state index contributed by atoms with van der Waals surface area (Å²) in [6.45, 7) is 11.5. The molecule has 0 aliphatic rings. The number of rotatable bonds is 7. The van der Waals surface area contributed by atoms with Crippen molar-refractivity contribution in [2.75, 3.05) is 13.1 Å². The van der Waals surface area contributed by atoms with Crippen LogP contribution in [0.25, 0.3) is 0 Å². The molecule has 0 aliphatic heterocycles. The van der Waals surface area contributed by atoms with Crippen LogP contribution in [0.3, 0.4) is 0 Å². The van der Waals surface area contributed by atoms with E-state index in [9.17, 15) is 4.79 Å². The van der Waals surface area contributed by atoms with Gasteiger partial charge in [0.25, 0.3) is 0 Å². The Morgan fingerprint density at radius 3 is 2.44 bits per heavy atom. The first-order valence-corrected chi connectivity index (χ1v) is 6.30. The van der Waals surface area contributed by atoms with Crippen molar-refractivity contribution in [3.8, 4) is 0 Å². The Bertz CT molecular complexity index is 197. The summed E-state index contributed by atoms with van der Waals surface area (Å²) in [6, 6.07) is 0. The molecule has 0 spiro atoms. The van der Waals surface area contributed by atoms with E-state index in [1.807, 2.05) is 27.7 Å². The van der Waals surface area contributed by atoms with Crippen molar-refractivity contribution in [2.45, 2.75) is 59.5 Å². The minimum Gasteiger partial charge on any atom is -0.460 e. The zero-order valence-electron chi connectivity index (χ0n) is 11.4. The lowest BCUT2D eigenvalue weighted by molar-refractivity contribution is -0.159. The second-order valence-corrected chi connectivity index (χ2v) is 5.35. The van der Waals surface area contributed by atoms with Gasteiger partial charge in [0.05, 0.1) is 5.92 Å². The Balaban J connectivity index is 3.64. The van der Waals surface area contributed by atoms with E-state index in [0.717, 1.165) is 6.54 Å². The van der Waals surface area contributed by atoms with E-state index in [-0.39, 0.29) is 17.5 Å². The maximum absolute atomic E-state index is 11.6. The van der Waals surface area contributed by atoms with Crippen LogP contribution in [0, 0.1) is 5.92 Å². The number of carbonyl (C=O) groups excluding carboxylic acids is 1. The summed E-state index contributed by atoms with van der Waals surface area (Å²) < 4.78 is 5.30. The summed E-state index contributed by atoms with van der Waals surface area (Å²) >= 11 is 0. The molecule has 1 unspecified atom stereocenters. The van der Waals surface area contributed by atoms with Crippen LogP contribution in [0.2, 0.25) is 0 Å². The zero-order valence-corrected chi connectivity index (χ0v) is 11.4. The fourth-order valence-electron chi connectivity index (χ4n) is 1.30. The van der Waals surface area contributed by atoms with Gasteiger partial charge in [-0.3, -0.25) is 4.79 Å². The van der Waals surface area contributed by atoms with Crippen LogP contribution in [-0.2, 0) is 9.53 Å². The van der Waals surface area contributed by atoms with Gasteiger partial charge in [0.2, 0.25) is 0 Å². The van der Waals surface area contributed by atoms with E-state index in [1.54, 1.807) is 0 Å². The van der Waals surface area contributed by atoms with Gasteiger partial charge in [-0.2, -0.15) is 0 Å². The molecule has 0 radical (unpaired) electrons. The number of hydrogen-bond acceptors (Lipinski definition) is 3. The van der Waals surface area contributed by atoms with Crippen molar-refractivity contribution in [1.29, 1.82) is 0 Å². The third-order valence-corrected chi connectivity index (χ3v) is 2.22. The normalized spacial score (nSPS) is 13.6. The summed E-state index contributed by atoms with van der Waals surface area (Å²) in [6.07, 6.45) is 3.65. The molecule has 0 bridgehead atoms. The first kappa shape index (κ1) is 15.4. The van der Waals surface area contributed by atoms with E-state index >= 15 is 0 Å². The Kier molecular flexibility index (Phi) is 7.39. The summed E-state index contributed by atoms with van der Waals surface area (Å²) in [5.74, 6) is -0.184. The first-order valence-electron chi connectivity index (χ1n) is 6.30. The molecular formula is C13H27NO2. The molecule has 3 nitrogen and oxygen atoms in total. The summed E-state index contributed by atoms with van der Waals surface area (Å²) in [5.41, 5.74) is -0.381. The van der Waals surface area contributed by atoms with Gasteiger partial charge >= 0.3 is 5.97 Å². The minimum absolute atomic E-state index is 0.0687. The molecule has 0 rings (SSSR count). The maximum Gasteiger partial charge on any atom is 0.310 e. The molecule has 0 amide bonds. The van der Waals surface area contributed by atoms with Gasteiger partial charge in [0.15, 0.2) is 0 Å². The molecule has 16 heavy (non-hydrogen) atoms. The molecule has 0 aromatic carbocycles. The van der Waals surface area contributed by atoms with Crippen LogP contribution in [0.15, 0.2) is 0 Å². The lowest BCUT2D eigenvalue weighted by atomic mass is 10.1. The topological polar surface area (TPSA) is 38.3 Å². The van der Waals surface area contributed by atoms with Crippen LogP contribution < -0.4 is 5.32 Å². The number of nitrogens with one attached hydrogen (secondary N) is 1. The second-order valence-electron chi connectivity index (χ2n) is 5.35. The highest BCUT2D eigenvalue weighted by atomic mass is 16.6. The standard InChI is InChI=1S/C13H27NO2/c1-6-7-8-9-14-10-11(2)12(15)16-13(3,4)5/h11,14H,6-10H2,1-5H3. The number of carbonyl (C=O) groups is 1. The van der Waals surface area contributed by atoms with Crippen molar-refractivity contribution in [3.05, 3.63) is 0 Å². The molecule has 1 N–H and O–H groups in total. The van der Waals surface area contributed by atoms with Crippen LogP contribution in [-0.4, -0.2) is 24.7 Å². The van der Waals surface area contributed by atoms with Crippen molar-refractivity contribution in [1.82, 2.24) is 5.32 Å². The molecule has 0 aliphatic carbocycles. The first-order chi connectivity index (χ1) is 7.37. The Labute approximate surface area is 99.9 Å². The Hall–Kier alpha value is -0.570. The molecular weight excluding hydrogens is 202 g/mol. The van der Waals surface area contributed by atoms with Crippen molar-refractivity contribution in [3.63, 3.8) is 0 Å². The maximum atomic E-state index is 11.6. The number of esters is 1. The van der Waals surface area contributed by atoms with E-state index in [0.29, 0.717) is 6.54 Å². The highest BCUT2D eigenvalue weighted by molar-refractivity contribution is 5.72. The second kappa shape index (κ2) is 7.66. The summed E-state index contributed by atoms with van der Waals surface area (Å²) in [4.78, 5) is 11.6. The Morgan fingerprint density at radius 2 is 1.94 bits per heavy atom. The van der Waals surface area contributed by atoms with Gasteiger partial charge in [-0.15, -0.1) is 0 Å². The zero-order chi connectivity index (χ0) is 12.6. The summed E-state index contributed by atoms with van der Waals surface area (Å²) in [7, 11) is 0. The fourth-order valence-corrected chi connectivity index (χ4v) is 1.30. The molecule has 1 atom stereocenters. The number of unbranched alkanes of at least 4 members (excludes halogenated alkanes) is 2. The fraction of sp³-hybridized carbons (Fsp3) is 0.923. The van der Waals surface area contributed by atoms with Gasteiger partial charge in [-0.05, 0) is 33.7 Å². The summed E-state index contributed by atoms with van der Waals surface area (Å²) in [5, 5.41) is 3.29. The predicted molar refractivity (Wildman–Crippen MR) is 67.4 cm³/mol. The smallest absolute Gasteiger partial charge is 0.310 e. The van der Waals surface area contributed by atoms with E-state index in [2.05, 4.69) is 12.2 Å². The highest BCUT2D eigenvalue weighted by Gasteiger charge is 2.20. The molecule has 0 heterocycles. The van der Waals surface area contributed by atoms with Crippen molar-refractivity contribution in [2.24, 2.45) is 5.92 Å². The predicted octanol–water partition coefficient (Wildman–Crippen LogP) is 2.74. The van der Waals surface area contributed by atoms with E-state index < -0.39 is 0 Å². The monoisotopic (exact) mass is 229 g/mol. The van der Waals surface area contributed by atoms with Crippen molar-refractivity contribution >= 4 is 5.97 Å². The van der Waals surface area contributed by atoms with Crippen LogP contribution in [0.5, 0.6) is 0 Å². The van der Waals surface area contributed by atoms with Gasteiger partial charge in [-0.1, -0.05) is 26.7 Å². The molecule has 0 aromatic heterocycles. The lowest BCUT2D eigenvalue weighted by Crippen LogP contribution is -2.33. The van der Waals surface area contributed by atoms with Gasteiger partial charge < -0.3 is 10.1 Å². The largest absolute Gasteiger partial charge is 0.460 e. The van der Waals surface area contributed by atoms with Gasteiger partial charge in [-0.25, -0.2) is 0 Å². The number of hydrogen-bond donors (Lipinski definition) is 1. The third kappa shape index (κ3) is 8.72. The lowest BCUT2D eigenvalue weighted by Gasteiger charge is -2.22. The Morgan fingerprint density at radius 1 is 1.31 bits per heavy atom. The molecule has 96 valence electrons. The van der Waals surface area contributed by atoms with Crippen LogP contribution >= 0.6 is 0 Å². The molecule has 3 heteroatoms. The molecule has 0 fully saturated rings. The van der Waals surface area contributed by atoms with E-state index in [1.165, 1.54) is 19.3 Å². The van der Waals surface area contributed by atoms with Crippen LogP contribution in [0.1, 0.15) is 53.9 Å². The third-order valence-electron chi connectivity index (χ3n) is 2.22. The highest BCUT2D eigenvalue weighted by Crippen LogP contribution is 2.10. The average Bonchev–Trinajstić information content (AvgIpc) is 2.14. The van der Waals surface area contributed by atoms with Gasteiger partial charge in [0, 0.05) is 6.54 Å². The molecule has 0 saturated heterocycles. The van der Waals surface area contributed by atoms with Crippen LogP contribution in [0.4, 0.5) is 0 Å². The average molecular weight is 229 g/mol. The number of ether oxygens (including phenoxy) is 1. The SMILES string of the molecule is CCCCCNCC(C)C(=O)OC(C)(C)C. The minimum atomic E-state index is -0.381. The van der Waals surface area contributed by atoms with Gasteiger partial charge in [0.1, 0.15) is 5.60 Å². The molecule has 0 aromatic rings.